The fourth-order valence-electron chi connectivity index (χ4n) is 1.26. The normalized spacial score (nSPS) is 10.7. The third kappa shape index (κ3) is 3.14. The molecule has 5 nitrogen and oxygen atoms in total. The van der Waals surface area contributed by atoms with Gasteiger partial charge < -0.3 is 4.74 Å². The van der Waals surface area contributed by atoms with Gasteiger partial charge in [-0.05, 0) is 42.0 Å². The average molecular weight is 260 g/mol. The lowest BCUT2D eigenvalue weighted by Crippen LogP contribution is -1.93. The Labute approximate surface area is 109 Å². The molecule has 0 saturated heterocycles. The third-order valence-corrected chi connectivity index (χ3v) is 2.39. The van der Waals surface area contributed by atoms with E-state index in [0.29, 0.717) is 11.4 Å². The van der Waals surface area contributed by atoms with Crippen LogP contribution in [-0.4, -0.2) is 27.7 Å². The second kappa shape index (κ2) is 5.92. The number of ether oxygens (including phenoxy) is 1. The van der Waals surface area contributed by atoms with Crippen molar-refractivity contribution in [2.24, 2.45) is 5.10 Å². The fourth-order valence-corrected chi connectivity index (χ4v) is 1.41. The second-order valence-corrected chi connectivity index (χ2v) is 3.81. The Balaban J connectivity index is 2.06. The number of benzene rings is 1. The molecule has 1 N–H and O–H groups in total. The molecule has 0 spiro atoms. The molecule has 0 aliphatic rings. The Hall–Kier alpha value is -2.21. The molecule has 6 heteroatoms. The van der Waals surface area contributed by atoms with Gasteiger partial charge in [0.25, 0.3) is 0 Å². The molecule has 0 aliphatic heterocycles. The molecule has 0 fully saturated rings. The first-order chi connectivity index (χ1) is 8.79. The van der Waals surface area contributed by atoms with E-state index in [9.17, 15) is 0 Å². The highest BCUT2D eigenvalue weighted by Crippen LogP contribution is 2.10. The van der Waals surface area contributed by atoms with Gasteiger partial charge in [0.2, 0.25) is 4.77 Å². The van der Waals surface area contributed by atoms with Gasteiger partial charge in [-0.3, -0.25) is 5.10 Å². The predicted octanol–water partition coefficient (Wildman–Crippen LogP) is 2.39. The molecule has 18 heavy (non-hydrogen) atoms. The van der Waals surface area contributed by atoms with E-state index in [1.807, 2.05) is 24.3 Å². The molecule has 92 valence electrons. The first-order valence-corrected chi connectivity index (χ1v) is 5.70. The van der Waals surface area contributed by atoms with E-state index in [-0.39, 0.29) is 0 Å². The number of H-pyrrole nitrogens is 1. The largest absolute Gasteiger partial charge is 0.490 e. The van der Waals surface area contributed by atoms with Crippen molar-refractivity contribution in [2.75, 3.05) is 6.61 Å². The van der Waals surface area contributed by atoms with Gasteiger partial charge in [-0.15, -0.1) is 0 Å². The van der Waals surface area contributed by atoms with E-state index in [1.165, 1.54) is 11.0 Å². The van der Waals surface area contributed by atoms with Crippen LogP contribution in [0.3, 0.4) is 0 Å². The van der Waals surface area contributed by atoms with E-state index >= 15 is 0 Å². The van der Waals surface area contributed by atoms with Crippen LogP contribution >= 0.6 is 12.2 Å². The molecule has 1 aromatic carbocycles. The summed E-state index contributed by atoms with van der Waals surface area (Å²) in [6, 6.07) is 7.57. The average Bonchev–Trinajstić information content (AvgIpc) is 2.81. The zero-order valence-electron chi connectivity index (χ0n) is 9.61. The molecule has 0 aliphatic carbocycles. The summed E-state index contributed by atoms with van der Waals surface area (Å²) in [6.45, 7) is 4.09. The summed E-state index contributed by atoms with van der Waals surface area (Å²) in [4.78, 5) is 0. The van der Waals surface area contributed by atoms with Crippen molar-refractivity contribution in [3.8, 4) is 5.75 Å². The minimum Gasteiger partial charge on any atom is -0.490 e. The molecule has 1 heterocycles. The zero-order valence-corrected chi connectivity index (χ0v) is 10.4. The van der Waals surface area contributed by atoms with Gasteiger partial charge in [-0.25, -0.2) is 0 Å². The van der Waals surface area contributed by atoms with E-state index < -0.39 is 0 Å². The van der Waals surface area contributed by atoms with Gasteiger partial charge in [0.15, 0.2) is 0 Å². The van der Waals surface area contributed by atoms with Crippen LogP contribution in [0, 0.1) is 4.77 Å². The number of hydrogen-bond acceptors (Lipinski definition) is 4. The summed E-state index contributed by atoms with van der Waals surface area (Å²) >= 11 is 4.97. The van der Waals surface area contributed by atoms with Crippen LogP contribution in [0.2, 0.25) is 0 Å². The second-order valence-electron chi connectivity index (χ2n) is 3.42. The van der Waals surface area contributed by atoms with E-state index in [0.717, 1.165) is 11.3 Å². The van der Waals surface area contributed by atoms with Gasteiger partial charge in [0.1, 0.15) is 18.7 Å². The van der Waals surface area contributed by atoms with Crippen molar-refractivity contribution < 1.29 is 4.74 Å². The molecule has 2 rings (SSSR count). The maximum Gasteiger partial charge on any atom is 0.216 e. The summed E-state index contributed by atoms with van der Waals surface area (Å²) in [6.07, 6.45) is 4.92. The summed E-state index contributed by atoms with van der Waals surface area (Å²) in [5.74, 6) is 0.798. The molecular weight excluding hydrogens is 248 g/mol. The Kier molecular flexibility index (Phi) is 4.03. The lowest BCUT2D eigenvalue weighted by atomic mass is 10.2. The van der Waals surface area contributed by atoms with Gasteiger partial charge in [-0.2, -0.15) is 14.9 Å². The first-order valence-electron chi connectivity index (χ1n) is 5.30. The van der Waals surface area contributed by atoms with E-state index in [2.05, 4.69) is 21.9 Å². The molecule has 0 unspecified atom stereocenters. The predicted molar refractivity (Wildman–Crippen MR) is 72.5 cm³/mol. The number of hydrogen-bond donors (Lipinski definition) is 1. The number of rotatable bonds is 5. The van der Waals surface area contributed by atoms with Gasteiger partial charge >= 0.3 is 0 Å². The lowest BCUT2D eigenvalue weighted by Gasteiger charge is -2.02. The van der Waals surface area contributed by atoms with Crippen molar-refractivity contribution >= 4 is 18.4 Å². The first kappa shape index (κ1) is 12.3. The van der Waals surface area contributed by atoms with Crippen molar-refractivity contribution in [3.63, 3.8) is 0 Å². The molecule has 0 radical (unpaired) electrons. The summed E-state index contributed by atoms with van der Waals surface area (Å²) in [5.41, 5.74) is 0.948. The number of aromatic amines is 1. The number of nitrogens with zero attached hydrogens (tertiary/aromatic N) is 3. The third-order valence-electron chi connectivity index (χ3n) is 2.11. The molecule has 0 bridgehead atoms. The number of nitrogens with one attached hydrogen (secondary N) is 1. The Bertz CT molecular complexity index is 597. The maximum absolute atomic E-state index is 5.38. The van der Waals surface area contributed by atoms with Crippen LogP contribution in [0.4, 0.5) is 0 Å². The van der Waals surface area contributed by atoms with Gasteiger partial charge in [-0.1, -0.05) is 12.7 Å². The van der Waals surface area contributed by atoms with Crippen molar-refractivity contribution in [2.45, 2.75) is 0 Å². The minimum atomic E-state index is 0.456. The molecular formula is C12H12N4OS. The monoisotopic (exact) mass is 260 g/mol. The summed E-state index contributed by atoms with van der Waals surface area (Å²) in [7, 11) is 0. The van der Waals surface area contributed by atoms with Crippen LogP contribution in [0.1, 0.15) is 5.56 Å². The summed E-state index contributed by atoms with van der Waals surface area (Å²) < 4.78 is 7.32. The minimum absolute atomic E-state index is 0.456. The van der Waals surface area contributed by atoms with Crippen LogP contribution in [0.25, 0.3) is 0 Å². The highest BCUT2D eigenvalue weighted by Gasteiger charge is 1.93. The van der Waals surface area contributed by atoms with E-state index in [1.54, 1.807) is 12.3 Å². The highest BCUT2D eigenvalue weighted by atomic mass is 32.1. The SMILES string of the molecule is C=CCOc1ccc(/C=N\n2cn[nH]c2=S)cc1. The standard InChI is InChI=1S/C12H12N4OS/c1-2-7-17-11-5-3-10(4-6-11)8-14-16-9-13-15-12(16)18/h2-6,8-9H,1,7H2,(H,15,18)/b14-8-. The van der Waals surface area contributed by atoms with Crippen molar-refractivity contribution in [3.05, 3.63) is 53.6 Å². The highest BCUT2D eigenvalue weighted by molar-refractivity contribution is 7.71. The fraction of sp³-hybridized carbons (Fsp3) is 0.0833. The van der Waals surface area contributed by atoms with Crippen molar-refractivity contribution in [1.29, 1.82) is 0 Å². The summed E-state index contributed by atoms with van der Waals surface area (Å²) in [5, 5.41) is 10.6. The van der Waals surface area contributed by atoms with Crippen molar-refractivity contribution in [1.82, 2.24) is 14.9 Å². The van der Waals surface area contributed by atoms with Crippen LogP contribution in [0.15, 0.2) is 48.3 Å². The lowest BCUT2D eigenvalue weighted by molar-refractivity contribution is 0.363. The Morgan fingerprint density at radius 3 is 2.83 bits per heavy atom. The molecule has 0 saturated carbocycles. The van der Waals surface area contributed by atoms with Crippen LogP contribution in [0.5, 0.6) is 5.75 Å². The van der Waals surface area contributed by atoms with Crippen LogP contribution < -0.4 is 4.74 Å². The van der Waals surface area contributed by atoms with Gasteiger partial charge in [0, 0.05) is 0 Å². The van der Waals surface area contributed by atoms with E-state index in [4.69, 9.17) is 17.0 Å². The molecule has 1 aromatic heterocycles. The Morgan fingerprint density at radius 2 is 2.22 bits per heavy atom. The molecule has 0 atom stereocenters. The van der Waals surface area contributed by atoms with Gasteiger partial charge in [0.05, 0.1) is 6.21 Å². The quantitative estimate of drug-likeness (QED) is 0.510. The maximum atomic E-state index is 5.38. The molecule has 2 aromatic rings. The smallest absolute Gasteiger partial charge is 0.216 e. The van der Waals surface area contributed by atoms with Crippen LogP contribution in [-0.2, 0) is 0 Å². The zero-order chi connectivity index (χ0) is 12.8. The topological polar surface area (TPSA) is 55.2 Å². The molecule has 0 amide bonds. The number of aromatic nitrogens is 3. The Morgan fingerprint density at radius 1 is 1.44 bits per heavy atom.